The third-order valence-corrected chi connectivity index (χ3v) is 6.13. The standard InChI is InChI=1S/C26H32FN3O5/c1-16-13-30(26(33)20-8-6-7-9-22(20)27)17(2)15-35-23-12-19(28-18(3)31)10-11-21(23)25(32)29(4)14-24(16)34-5/h6-12,16-17,24H,13-15H2,1-5H3,(H,28,31)/t16-,17-,24+/m1/s1. The van der Waals surface area contributed by atoms with Crippen LogP contribution in [0.15, 0.2) is 42.5 Å². The van der Waals surface area contributed by atoms with Crippen LogP contribution in [0.1, 0.15) is 41.5 Å². The fourth-order valence-corrected chi connectivity index (χ4v) is 4.13. The van der Waals surface area contributed by atoms with E-state index in [1.165, 1.54) is 25.1 Å². The van der Waals surface area contributed by atoms with Crippen molar-refractivity contribution in [2.45, 2.75) is 32.9 Å². The fraction of sp³-hybridized carbons (Fsp3) is 0.423. The van der Waals surface area contributed by atoms with Gasteiger partial charge in [0.25, 0.3) is 11.8 Å². The molecule has 2 aromatic rings. The summed E-state index contributed by atoms with van der Waals surface area (Å²) in [4.78, 5) is 41.3. The molecular weight excluding hydrogens is 453 g/mol. The molecule has 1 N–H and O–H groups in total. The SMILES string of the molecule is CO[C@H]1CN(C)C(=O)c2ccc(NC(C)=O)cc2OC[C@@H](C)N(C(=O)c2ccccc2F)C[C@H]1C. The first-order valence-electron chi connectivity index (χ1n) is 11.5. The number of hydrogen-bond acceptors (Lipinski definition) is 5. The number of rotatable bonds is 3. The highest BCUT2D eigenvalue weighted by atomic mass is 19.1. The molecule has 3 rings (SSSR count). The fourth-order valence-electron chi connectivity index (χ4n) is 4.13. The minimum absolute atomic E-state index is 0.0201. The number of anilines is 1. The molecule has 3 atom stereocenters. The van der Waals surface area contributed by atoms with Crippen LogP contribution in [0.5, 0.6) is 5.75 Å². The van der Waals surface area contributed by atoms with Crippen LogP contribution in [0.3, 0.4) is 0 Å². The summed E-state index contributed by atoms with van der Waals surface area (Å²) in [5.41, 5.74) is 0.784. The van der Waals surface area contributed by atoms with Crippen molar-refractivity contribution in [2.24, 2.45) is 5.92 Å². The summed E-state index contributed by atoms with van der Waals surface area (Å²) in [6.45, 7) is 5.74. The molecule has 9 heteroatoms. The molecule has 0 bridgehead atoms. The monoisotopic (exact) mass is 485 g/mol. The number of benzene rings is 2. The molecule has 1 aliphatic rings. The van der Waals surface area contributed by atoms with Crippen molar-refractivity contribution in [3.05, 3.63) is 59.4 Å². The zero-order valence-corrected chi connectivity index (χ0v) is 20.7. The van der Waals surface area contributed by atoms with Gasteiger partial charge in [-0.05, 0) is 31.2 Å². The van der Waals surface area contributed by atoms with E-state index in [1.807, 2.05) is 13.8 Å². The summed E-state index contributed by atoms with van der Waals surface area (Å²) in [5.74, 6) is -1.43. The van der Waals surface area contributed by atoms with Gasteiger partial charge >= 0.3 is 0 Å². The Balaban J connectivity index is 2.02. The van der Waals surface area contributed by atoms with Gasteiger partial charge in [0.2, 0.25) is 5.91 Å². The summed E-state index contributed by atoms with van der Waals surface area (Å²) in [5, 5.41) is 2.69. The maximum absolute atomic E-state index is 14.5. The summed E-state index contributed by atoms with van der Waals surface area (Å²) >= 11 is 0. The normalized spacial score (nSPS) is 21.3. The van der Waals surface area contributed by atoms with Crippen molar-refractivity contribution in [1.82, 2.24) is 9.80 Å². The van der Waals surface area contributed by atoms with Gasteiger partial charge < -0.3 is 24.6 Å². The first-order chi connectivity index (χ1) is 16.6. The van der Waals surface area contributed by atoms with Gasteiger partial charge in [-0.15, -0.1) is 0 Å². The molecule has 0 spiro atoms. The minimum Gasteiger partial charge on any atom is -0.491 e. The Labute approximate surface area is 205 Å². The van der Waals surface area contributed by atoms with Crippen molar-refractivity contribution < 1.29 is 28.2 Å². The van der Waals surface area contributed by atoms with Crippen LogP contribution < -0.4 is 10.1 Å². The van der Waals surface area contributed by atoms with Crippen molar-refractivity contribution in [1.29, 1.82) is 0 Å². The molecule has 2 aromatic carbocycles. The van der Waals surface area contributed by atoms with Crippen LogP contribution >= 0.6 is 0 Å². The molecule has 0 radical (unpaired) electrons. The lowest BCUT2D eigenvalue weighted by atomic mass is 10.0. The van der Waals surface area contributed by atoms with Gasteiger partial charge in [-0.3, -0.25) is 14.4 Å². The molecule has 0 unspecified atom stereocenters. The van der Waals surface area contributed by atoms with E-state index < -0.39 is 17.8 Å². The number of ether oxygens (including phenoxy) is 2. The Morgan fingerprint density at radius 3 is 2.51 bits per heavy atom. The van der Waals surface area contributed by atoms with Crippen LogP contribution in [0, 0.1) is 11.7 Å². The maximum Gasteiger partial charge on any atom is 0.257 e. The molecular formula is C26H32FN3O5. The molecule has 188 valence electrons. The second-order valence-electron chi connectivity index (χ2n) is 8.93. The number of carbonyl (C=O) groups is 3. The van der Waals surface area contributed by atoms with E-state index in [4.69, 9.17) is 9.47 Å². The van der Waals surface area contributed by atoms with Crippen LogP contribution in [-0.2, 0) is 9.53 Å². The highest BCUT2D eigenvalue weighted by molar-refractivity contribution is 5.98. The zero-order valence-electron chi connectivity index (χ0n) is 20.7. The number of likely N-dealkylation sites (N-methyl/N-ethyl adjacent to an activating group) is 1. The maximum atomic E-state index is 14.5. The van der Waals surface area contributed by atoms with Gasteiger partial charge in [-0.1, -0.05) is 19.1 Å². The van der Waals surface area contributed by atoms with E-state index in [2.05, 4.69) is 5.32 Å². The Hall–Kier alpha value is -3.46. The second-order valence-corrected chi connectivity index (χ2v) is 8.93. The van der Waals surface area contributed by atoms with E-state index in [1.54, 1.807) is 48.2 Å². The van der Waals surface area contributed by atoms with Crippen LogP contribution in [-0.4, -0.2) is 73.5 Å². The molecule has 3 amide bonds. The lowest BCUT2D eigenvalue weighted by Crippen LogP contribution is -2.48. The predicted octanol–water partition coefficient (Wildman–Crippen LogP) is 3.43. The van der Waals surface area contributed by atoms with Gasteiger partial charge in [0, 0.05) is 51.8 Å². The number of hydrogen-bond donors (Lipinski definition) is 1. The Morgan fingerprint density at radius 1 is 1.14 bits per heavy atom. The topological polar surface area (TPSA) is 88.2 Å². The summed E-state index contributed by atoms with van der Waals surface area (Å²) in [7, 11) is 3.23. The van der Waals surface area contributed by atoms with Crippen LogP contribution in [0.4, 0.5) is 10.1 Å². The van der Waals surface area contributed by atoms with Crippen molar-refractivity contribution in [3.63, 3.8) is 0 Å². The Morgan fingerprint density at radius 2 is 1.86 bits per heavy atom. The summed E-state index contributed by atoms with van der Waals surface area (Å²) < 4.78 is 26.2. The first-order valence-corrected chi connectivity index (χ1v) is 11.5. The summed E-state index contributed by atoms with van der Waals surface area (Å²) in [6, 6.07) is 10.2. The number of nitrogens with one attached hydrogen (secondary N) is 1. The molecule has 1 aliphatic heterocycles. The molecule has 0 fully saturated rings. The summed E-state index contributed by atoms with van der Waals surface area (Å²) in [6.07, 6.45) is -0.366. The number of amides is 3. The average Bonchev–Trinajstić information content (AvgIpc) is 2.82. The van der Waals surface area contributed by atoms with Crippen molar-refractivity contribution >= 4 is 23.4 Å². The number of carbonyl (C=O) groups excluding carboxylic acids is 3. The second kappa shape index (κ2) is 11.3. The third-order valence-electron chi connectivity index (χ3n) is 6.13. The molecule has 35 heavy (non-hydrogen) atoms. The van der Waals surface area contributed by atoms with Gasteiger partial charge in [-0.2, -0.15) is 0 Å². The zero-order chi connectivity index (χ0) is 25.7. The van der Waals surface area contributed by atoms with E-state index in [0.717, 1.165) is 0 Å². The van der Waals surface area contributed by atoms with Gasteiger partial charge in [-0.25, -0.2) is 4.39 Å². The van der Waals surface area contributed by atoms with Crippen molar-refractivity contribution in [3.8, 4) is 5.75 Å². The molecule has 0 saturated carbocycles. The molecule has 8 nitrogen and oxygen atoms in total. The average molecular weight is 486 g/mol. The van der Waals surface area contributed by atoms with Crippen molar-refractivity contribution in [2.75, 3.05) is 39.2 Å². The molecule has 0 aromatic heterocycles. The largest absolute Gasteiger partial charge is 0.491 e. The lowest BCUT2D eigenvalue weighted by molar-refractivity contribution is -0.114. The Kier molecular flexibility index (Phi) is 8.45. The molecule has 0 aliphatic carbocycles. The van der Waals surface area contributed by atoms with Crippen LogP contribution in [0.25, 0.3) is 0 Å². The number of methoxy groups -OCH3 is 1. The highest BCUT2D eigenvalue weighted by Gasteiger charge is 2.31. The number of nitrogens with zero attached hydrogens (tertiary/aromatic N) is 2. The van der Waals surface area contributed by atoms with E-state index in [9.17, 15) is 18.8 Å². The number of fused-ring (bicyclic) bond motifs is 1. The van der Waals surface area contributed by atoms with Gasteiger partial charge in [0.05, 0.1) is 23.3 Å². The van der Waals surface area contributed by atoms with E-state index in [0.29, 0.717) is 11.3 Å². The minimum atomic E-state index is -0.594. The highest BCUT2D eigenvalue weighted by Crippen LogP contribution is 2.27. The van der Waals surface area contributed by atoms with E-state index in [-0.39, 0.29) is 54.8 Å². The molecule has 1 heterocycles. The number of halogens is 1. The Bertz CT molecular complexity index is 1090. The van der Waals surface area contributed by atoms with Gasteiger partial charge in [0.15, 0.2) is 0 Å². The third kappa shape index (κ3) is 6.16. The first kappa shape index (κ1) is 26.2. The smallest absolute Gasteiger partial charge is 0.257 e. The van der Waals surface area contributed by atoms with Gasteiger partial charge in [0.1, 0.15) is 18.2 Å². The predicted molar refractivity (Wildman–Crippen MR) is 130 cm³/mol. The van der Waals surface area contributed by atoms with E-state index >= 15 is 0 Å². The molecule has 0 saturated heterocycles. The van der Waals surface area contributed by atoms with Crippen LogP contribution in [0.2, 0.25) is 0 Å². The lowest BCUT2D eigenvalue weighted by Gasteiger charge is -2.36. The quantitative estimate of drug-likeness (QED) is 0.720.